The van der Waals surface area contributed by atoms with Crippen LogP contribution in [0, 0.1) is 12.7 Å². The van der Waals surface area contributed by atoms with Crippen LogP contribution in [-0.4, -0.2) is 53.4 Å². The Bertz CT molecular complexity index is 800. The summed E-state index contributed by atoms with van der Waals surface area (Å²) in [5, 5.41) is 9.67. The topological polar surface area (TPSA) is 91.6 Å². The molecule has 7 heteroatoms. The van der Waals surface area contributed by atoms with E-state index < -0.39 is 5.82 Å². The molecule has 25 heavy (non-hydrogen) atoms. The van der Waals surface area contributed by atoms with E-state index in [1.54, 1.807) is 13.0 Å². The van der Waals surface area contributed by atoms with Crippen LogP contribution in [-0.2, 0) is 0 Å². The fraction of sp³-hybridized carbons (Fsp3) is 0.500. The van der Waals surface area contributed by atoms with Crippen molar-refractivity contribution in [3.05, 3.63) is 40.1 Å². The van der Waals surface area contributed by atoms with Gasteiger partial charge < -0.3 is 25.5 Å². The number of benzene rings is 1. The molecule has 2 aromatic rings. The molecule has 3 rings (SSSR count). The smallest absolute Gasteiger partial charge is 0.255 e. The Hall–Kier alpha value is -1.96. The van der Waals surface area contributed by atoms with Crippen molar-refractivity contribution in [2.45, 2.75) is 31.9 Å². The molecule has 6 nitrogen and oxygen atoms in total. The van der Waals surface area contributed by atoms with E-state index in [-0.39, 0.29) is 30.1 Å². The number of aliphatic hydroxyl groups is 1. The molecular formula is C18H24FN3O3. The second-order valence-electron chi connectivity index (χ2n) is 6.66. The van der Waals surface area contributed by atoms with Crippen molar-refractivity contribution >= 4 is 10.8 Å². The van der Waals surface area contributed by atoms with Crippen LogP contribution in [0.5, 0.6) is 5.75 Å². The molecule has 0 unspecified atom stereocenters. The SMILES string of the molecule is Cc1c[nH]c(=O)c2ccc(OC3CCN(C[C@@H](N)CO)CC3)c(F)c12. The lowest BCUT2D eigenvalue weighted by atomic mass is 10.1. The van der Waals surface area contributed by atoms with E-state index in [4.69, 9.17) is 15.6 Å². The minimum absolute atomic E-state index is 0.0305. The summed E-state index contributed by atoms with van der Waals surface area (Å²) >= 11 is 0. The molecule has 0 bridgehead atoms. The first-order valence-corrected chi connectivity index (χ1v) is 8.55. The molecule has 1 aromatic carbocycles. The van der Waals surface area contributed by atoms with E-state index in [1.165, 1.54) is 12.3 Å². The lowest BCUT2D eigenvalue weighted by molar-refractivity contribution is 0.0892. The zero-order valence-corrected chi connectivity index (χ0v) is 14.3. The van der Waals surface area contributed by atoms with Crippen molar-refractivity contribution in [2.24, 2.45) is 5.73 Å². The van der Waals surface area contributed by atoms with Crippen LogP contribution in [0.15, 0.2) is 23.1 Å². The summed E-state index contributed by atoms with van der Waals surface area (Å²) in [6.07, 6.45) is 2.98. The number of hydrogen-bond acceptors (Lipinski definition) is 5. The summed E-state index contributed by atoms with van der Waals surface area (Å²) in [4.78, 5) is 16.6. The highest BCUT2D eigenvalue weighted by atomic mass is 19.1. The number of nitrogens with zero attached hydrogens (tertiary/aromatic N) is 1. The van der Waals surface area contributed by atoms with E-state index in [0.717, 1.165) is 25.9 Å². The summed E-state index contributed by atoms with van der Waals surface area (Å²) in [6.45, 7) is 3.97. The standard InChI is InChI=1S/C18H24FN3O3/c1-11-8-21-18(24)14-2-3-15(17(19)16(11)14)25-13-4-6-22(7-5-13)9-12(20)10-23/h2-3,8,12-13,23H,4-7,9-10,20H2,1H3,(H,21,24)/t12-/m1/s1. The van der Waals surface area contributed by atoms with Crippen LogP contribution in [0.4, 0.5) is 4.39 Å². The van der Waals surface area contributed by atoms with Crippen LogP contribution in [0.2, 0.25) is 0 Å². The van der Waals surface area contributed by atoms with Crippen molar-refractivity contribution in [3.63, 3.8) is 0 Å². The molecule has 1 aliphatic heterocycles. The Kier molecular flexibility index (Phi) is 5.36. The van der Waals surface area contributed by atoms with Crippen molar-refractivity contribution in [1.82, 2.24) is 9.88 Å². The third-order valence-electron chi connectivity index (χ3n) is 4.72. The third kappa shape index (κ3) is 3.84. The summed E-state index contributed by atoms with van der Waals surface area (Å²) in [6, 6.07) is 2.89. The minimum atomic E-state index is -0.481. The van der Waals surface area contributed by atoms with E-state index in [0.29, 0.717) is 22.9 Å². The number of aromatic amines is 1. The maximum absolute atomic E-state index is 14.8. The number of nitrogens with one attached hydrogen (secondary N) is 1. The van der Waals surface area contributed by atoms with Gasteiger partial charge in [-0.25, -0.2) is 4.39 Å². The number of halogens is 1. The van der Waals surface area contributed by atoms with Crippen LogP contribution in [0.25, 0.3) is 10.8 Å². The summed E-state index contributed by atoms with van der Waals surface area (Å²) < 4.78 is 20.7. The lowest BCUT2D eigenvalue weighted by Gasteiger charge is -2.33. The zero-order chi connectivity index (χ0) is 18.0. The van der Waals surface area contributed by atoms with E-state index in [1.807, 2.05) is 0 Å². The van der Waals surface area contributed by atoms with Gasteiger partial charge in [0.2, 0.25) is 0 Å². The van der Waals surface area contributed by atoms with Gasteiger partial charge >= 0.3 is 0 Å². The number of aryl methyl sites for hydroxylation is 1. The fourth-order valence-electron chi connectivity index (χ4n) is 3.33. The van der Waals surface area contributed by atoms with Gasteiger partial charge in [-0.05, 0) is 37.5 Å². The first-order valence-electron chi connectivity index (χ1n) is 8.55. The molecule has 0 saturated carbocycles. The number of ether oxygens (including phenoxy) is 1. The van der Waals surface area contributed by atoms with Gasteiger partial charge in [0, 0.05) is 37.3 Å². The number of hydrogen-bond donors (Lipinski definition) is 3. The van der Waals surface area contributed by atoms with E-state index in [2.05, 4.69) is 9.88 Å². The monoisotopic (exact) mass is 349 g/mol. The Labute approximate surface area is 145 Å². The molecule has 1 saturated heterocycles. The van der Waals surface area contributed by atoms with Gasteiger partial charge in [0.15, 0.2) is 11.6 Å². The number of fused-ring (bicyclic) bond motifs is 1. The largest absolute Gasteiger partial charge is 0.487 e. The maximum Gasteiger partial charge on any atom is 0.255 e. The zero-order valence-electron chi connectivity index (χ0n) is 14.3. The first-order chi connectivity index (χ1) is 12.0. The first kappa shape index (κ1) is 17.8. The van der Waals surface area contributed by atoms with Crippen molar-refractivity contribution in [1.29, 1.82) is 0 Å². The highest BCUT2D eigenvalue weighted by Gasteiger charge is 2.23. The van der Waals surface area contributed by atoms with Gasteiger partial charge in [0.25, 0.3) is 5.56 Å². The number of nitrogens with two attached hydrogens (primary N) is 1. The molecular weight excluding hydrogens is 325 g/mol. The molecule has 2 heterocycles. The summed E-state index contributed by atoms with van der Waals surface area (Å²) in [5.74, 6) is -0.294. The third-order valence-corrected chi connectivity index (χ3v) is 4.72. The molecule has 4 N–H and O–H groups in total. The molecule has 1 fully saturated rings. The van der Waals surface area contributed by atoms with Gasteiger partial charge in [-0.1, -0.05) is 0 Å². The van der Waals surface area contributed by atoms with Crippen molar-refractivity contribution in [3.8, 4) is 5.75 Å². The number of H-pyrrole nitrogens is 1. The highest BCUT2D eigenvalue weighted by molar-refractivity contribution is 5.86. The van der Waals surface area contributed by atoms with E-state index in [9.17, 15) is 9.18 Å². The molecule has 1 aromatic heterocycles. The summed E-state index contributed by atoms with van der Waals surface area (Å²) in [7, 11) is 0. The maximum atomic E-state index is 14.8. The number of aliphatic hydroxyl groups excluding tert-OH is 1. The second kappa shape index (κ2) is 7.51. The lowest BCUT2D eigenvalue weighted by Crippen LogP contribution is -2.45. The highest BCUT2D eigenvalue weighted by Crippen LogP contribution is 2.29. The van der Waals surface area contributed by atoms with Crippen LogP contribution in [0.3, 0.4) is 0 Å². The normalized spacial score (nSPS) is 17.8. The van der Waals surface area contributed by atoms with Crippen LogP contribution >= 0.6 is 0 Å². The summed E-state index contributed by atoms with van der Waals surface area (Å²) in [5.41, 5.74) is 6.13. The quantitative estimate of drug-likeness (QED) is 0.753. The number of piperidine rings is 1. The number of likely N-dealkylation sites (tertiary alicyclic amines) is 1. The fourth-order valence-corrected chi connectivity index (χ4v) is 3.33. The van der Waals surface area contributed by atoms with E-state index >= 15 is 0 Å². The molecule has 1 aliphatic rings. The second-order valence-corrected chi connectivity index (χ2v) is 6.66. The average Bonchev–Trinajstić information content (AvgIpc) is 2.61. The molecule has 0 spiro atoms. The Morgan fingerprint density at radius 2 is 2.16 bits per heavy atom. The van der Waals surface area contributed by atoms with Gasteiger partial charge in [-0.15, -0.1) is 0 Å². The minimum Gasteiger partial charge on any atom is -0.487 e. The number of rotatable bonds is 5. The Morgan fingerprint density at radius 3 is 2.84 bits per heavy atom. The predicted molar refractivity (Wildman–Crippen MR) is 94.4 cm³/mol. The molecule has 0 amide bonds. The average molecular weight is 349 g/mol. The molecule has 0 aliphatic carbocycles. The van der Waals surface area contributed by atoms with Crippen molar-refractivity contribution in [2.75, 3.05) is 26.2 Å². The van der Waals surface area contributed by atoms with Crippen molar-refractivity contribution < 1.29 is 14.2 Å². The number of aromatic nitrogens is 1. The van der Waals surface area contributed by atoms with Gasteiger partial charge in [-0.3, -0.25) is 4.79 Å². The van der Waals surface area contributed by atoms with Gasteiger partial charge in [-0.2, -0.15) is 0 Å². The van der Waals surface area contributed by atoms with Gasteiger partial charge in [0.05, 0.1) is 12.0 Å². The number of pyridine rings is 1. The molecule has 136 valence electrons. The Balaban J connectivity index is 1.71. The molecule has 0 radical (unpaired) electrons. The van der Waals surface area contributed by atoms with Crippen LogP contribution in [0.1, 0.15) is 18.4 Å². The Morgan fingerprint density at radius 1 is 1.44 bits per heavy atom. The molecule has 1 atom stereocenters. The van der Waals surface area contributed by atoms with Gasteiger partial charge in [0.1, 0.15) is 6.10 Å². The van der Waals surface area contributed by atoms with Crippen LogP contribution < -0.4 is 16.0 Å². The predicted octanol–water partition coefficient (Wildman–Crippen LogP) is 1.14.